The molecule has 0 aromatic heterocycles. The molecule has 0 fully saturated rings. The second-order valence-electron chi connectivity index (χ2n) is 11.6. The molecule has 26 heavy (non-hydrogen) atoms. The van der Waals surface area contributed by atoms with Gasteiger partial charge in [0, 0.05) is 5.92 Å². The number of rotatable bonds is 2. The van der Waals surface area contributed by atoms with Crippen molar-refractivity contribution in [3.63, 3.8) is 0 Å². The van der Waals surface area contributed by atoms with Crippen LogP contribution in [0.2, 0.25) is 49.4 Å². The molecule has 3 atom stereocenters. The van der Waals surface area contributed by atoms with Gasteiger partial charge in [0.2, 0.25) is 0 Å². The summed E-state index contributed by atoms with van der Waals surface area (Å²) in [6.07, 6.45) is 4.50. The van der Waals surface area contributed by atoms with Crippen molar-refractivity contribution in [3.8, 4) is 0 Å². The average molecular weight is 389 g/mol. The van der Waals surface area contributed by atoms with Gasteiger partial charge < -0.3 is 5.11 Å². The van der Waals surface area contributed by atoms with E-state index in [1.807, 2.05) is 0 Å². The Kier molecular flexibility index (Phi) is 4.45. The first-order chi connectivity index (χ1) is 11.7. The fourth-order valence-corrected chi connectivity index (χ4v) is 16.5. The van der Waals surface area contributed by atoms with Gasteiger partial charge in [0.25, 0.3) is 0 Å². The highest BCUT2D eigenvalue weighted by Crippen LogP contribution is 2.83. The predicted molar refractivity (Wildman–Crippen MR) is 120 cm³/mol. The number of hydrogen-bond acceptors (Lipinski definition) is 1. The lowest BCUT2D eigenvalue weighted by molar-refractivity contribution is 0.251. The summed E-state index contributed by atoms with van der Waals surface area (Å²) in [5.41, 5.74) is 7.72. The maximum atomic E-state index is 11.7. The third-order valence-corrected chi connectivity index (χ3v) is 16.0. The number of fused-ring (bicyclic) bond motifs is 3. The van der Waals surface area contributed by atoms with Crippen LogP contribution in [0.25, 0.3) is 0 Å². The molecule has 3 rings (SSSR count). The summed E-state index contributed by atoms with van der Waals surface area (Å²) in [7, 11) is -3.19. The van der Waals surface area contributed by atoms with Crippen molar-refractivity contribution >= 4 is 16.1 Å². The van der Waals surface area contributed by atoms with Crippen LogP contribution in [0.4, 0.5) is 0 Å². The van der Waals surface area contributed by atoms with Crippen LogP contribution >= 0.6 is 0 Å². The molecule has 1 N–H and O–H groups in total. The van der Waals surface area contributed by atoms with Crippen LogP contribution < -0.4 is 0 Å². The highest BCUT2D eigenvalue weighted by molar-refractivity contribution is 6.87. The Bertz CT molecular complexity index is 741. The van der Waals surface area contributed by atoms with Gasteiger partial charge in [-0.1, -0.05) is 61.6 Å². The van der Waals surface area contributed by atoms with Crippen LogP contribution in [0.5, 0.6) is 0 Å². The van der Waals surface area contributed by atoms with Crippen molar-refractivity contribution in [1.82, 2.24) is 0 Å². The molecule has 0 bridgehead atoms. The SMILES string of the molecule is CC1=C(C)C[C@@]2([Si](C)(C)C)C(=C(O)C3CC(C)=C(C)C[C@@]32[Si](C)(C)C)C1. The molecule has 0 aliphatic heterocycles. The molecule has 0 radical (unpaired) electrons. The lowest BCUT2D eigenvalue weighted by Crippen LogP contribution is -2.59. The van der Waals surface area contributed by atoms with Gasteiger partial charge in [0.05, 0.1) is 21.9 Å². The average Bonchev–Trinajstić information content (AvgIpc) is 2.68. The van der Waals surface area contributed by atoms with E-state index in [1.54, 1.807) is 11.1 Å². The van der Waals surface area contributed by atoms with Crippen LogP contribution in [0, 0.1) is 5.92 Å². The first-order valence-corrected chi connectivity index (χ1v) is 17.4. The van der Waals surface area contributed by atoms with E-state index in [0.29, 0.717) is 5.92 Å². The number of hydrogen-bond donors (Lipinski definition) is 1. The molecular weight excluding hydrogens is 348 g/mol. The molecule has 1 nitrogen and oxygen atoms in total. The van der Waals surface area contributed by atoms with Crippen LogP contribution in [-0.4, -0.2) is 21.3 Å². The highest BCUT2D eigenvalue weighted by atomic mass is 28.3. The molecule has 3 heteroatoms. The third-order valence-electron chi connectivity index (χ3n) is 8.61. The molecule has 146 valence electrons. The van der Waals surface area contributed by atoms with Crippen molar-refractivity contribution in [2.45, 2.75) is 103 Å². The highest BCUT2D eigenvalue weighted by Gasteiger charge is 2.72. The van der Waals surface area contributed by atoms with Gasteiger partial charge >= 0.3 is 0 Å². The Labute approximate surface area is 163 Å². The van der Waals surface area contributed by atoms with Gasteiger partial charge in [-0.3, -0.25) is 0 Å². The standard InChI is InChI=1S/C23H40OSi2/c1-15-11-19-21(24)20-12-16(2)18(4)14-23(20,26(8,9)10)22(19,13-17(15)3)25(5,6)7/h19,24H,11-14H2,1-10H3/t19?,22-,23-/m1/s1. The van der Waals surface area contributed by atoms with Crippen molar-refractivity contribution in [2.24, 2.45) is 5.92 Å². The molecule has 0 saturated carbocycles. The Balaban J connectivity index is 2.42. The minimum atomic E-state index is -1.60. The van der Waals surface area contributed by atoms with Crippen molar-refractivity contribution in [3.05, 3.63) is 33.6 Å². The number of aliphatic hydroxyl groups is 1. The molecule has 1 unspecified atom stereocenters. The van der Waals surface area contributed by atoms with E-state index >= 15 is 0 Å². The molecule has 0 aromatic carbocycles. The minimum absolute atomic E-state index is 0.227. The van der Waals surface area contributed by atoms with E-state index in [2.05, 4.69) is 67.0 Å². The fraction of sp³-hybridized carbons (Fsp3) is 0.739. The van der Waals surface area contributed by atoms with Crippen molar-refractivity contribution in [1.29, 1.82) is 0 Å². The Morgan fingerprint density at radius 2 is 1.31 bits per heavy atom. The van der Waals surface area contributed by atoms with E-state index in [9.17, 15) is 5.11 Å². The smallest absolute Gasteiger partial charge is 0.0957 e. The molecule has 0 heterocycles. The van der Waals surface area contributed by atoms with E-state index in [1.165, 1.54) is 29.6 Å². The van der Waals surface area contributed by atoms with Crippen molar-refractivity contribution in [2.75, 3.05) is 0 Å². The second kappa shape index (κ2) is 5.73. The van der Waals surface area contributed by atoms with Gasteiger partial charge in [0.1, 0.15) is 0 Å². The van der Waals surface area contributed by atoms with Crippen LogP contribution in [-0.2, 0) is 0 Å². The van der Waals surface area contributed by atoms with Gasteiger partial charge in [-0.15, -0.1) is 0 Å². The predicted octanol–water partition coefficient (Wildman–Crippen LogP) is 7.85. The first-order valence-electron chi connectivity index (χ1n) is 10.4. The molecule has 3 aliphatic rings. The second-order valence-corrected chi connectivity index (χ2v) is 22.4. The summed E-state index contributed by atoms with van der Waals surface area (Å²) in [5, 5.41) is 12.2. The summed E-state index contributed by atoms with van der Waals surface area (Å²) in [6, 6.07) is 0. The van der Waals surface area contributed by atoms with E-state index in [-0.39, 0.29) is 10.1 Å². The molecule has 0 amide bonds. The topological polar surface area (TPSA) is 20.2 Å². The fourth-order valence-electron chi connectivity index (χ4n) is 7.11. The zero-order valence-electron chi connectivity index (χ0n) is 18.9. The van der Waals surface area contributed by atoms with Gasteiger partial charge in [-0.05, 0) is 69.0 Å². The summed E-state index contributed by atoms with van der Waals surface area (Å²) in [6.45, 7) is 24.9. The summed E-state index contributed by atoms with van der Waals surface area (Å²) in [4.78, 5) is 0. The Morgan fingerprint density at radius 1 is 0.769 bits per heavy atom. The Hall–Kier alpha value is -0.546. The lowest BCUT2D eigenvalue weighted by atomic mass is 9.68. The van der Waals surface area contributed by atoms with Crippen LogP contribution in [0.15, 0.2) is 33.6 Å². The van der Waals surface area contributed by atoms with Crippen LogP contribution in [0.3, 0.4) is 0 Å². The zero-order valence-corrected chi connectivity index (χ0v) is 20.9. The minimum Gasteiger partial charge on any atom is -0.512 e. The monoisotopic (exact) mass is 388 g/mol. The first kappa shape index (κ1) is 20.2. The van der Waals surface area contributed by atoms with E-state index in [0.717, 1.165) is 18.6 Å². The summed E-state index contributed by atoms with van der Waals surface area (Å²) >= 11 is 0. The number of aliphatic hydroxyl groups excluding tert-OH is 1. The zero-order chi connectivity index (χ0) is 19.9. The van der Waals surface area contributed by atoms with Gasteiger partial charge in [-0.25, -0.2) is 0 Å². The molecule has 0 saturated heterocycles. The molecule has 3 aliphatic carbocycles. The van der Waals surface area contributed by atoms with Crippen molar-refractivity contribution < 1.29 is 5.11 Å². The van der Waals surface area contributed by atoms with E-state index < -0.39 is 16.1 Å². The Morgan fingerprint density at radius 3 is 1.81 bits per heavy atom. The largest absolute Gasteiger partial charge is 0.512 e. The maximum absolute atomic E-state index is 11.7. The normalized spacial score (nSPS) is 35.8. The van der Waals surface area contributed by atoms with Gasteiger partial charge in [-0.2, -0.15) is 0 Å². The molecule has 0 aromatic rings. The number of allylic oxidation sites excluding steroid dienone is 6. The quantitative estimate of drug-likeness (QED) is 0.377. The summed E-state index contributed by atoms with van der Waals surface area (Å²) < 4.78 is 0. The molecule has 0 spiro atoms. The summed E-state index contributed by atoms with van der Waals surface area (Å²) in [5.74, 6) is 1.17. The van der Waals surface area contributed by atoms with E-state index in [4.69, 9.17) is 0 Å². The molecular formula is C23H40OSi2. The maximum Gasteiger partial charge on any atom is 0.0957 e. The third kappa shape index (κ3) is 2.25. The van der Waals surface area contributed by atoms with Gasteiger partial charge in [0.15, 0.2) is 0 Å². The van der Waals surface area contributed by atoms with Crippen LogP contribution in [0.1, 0.15) is 53.4 Å². The lowest BCUT2D eigenvalue weighted by Gasteiger charge is -2.64.